The number of nitrogens with zero attached hydrogens (tertiary/aromatic N) is 3. The molecule has 2 heterocycles. The second-order valence-corrected chi connectivity index (χ2v) is 9.82. The summed E-state index contributed by atoms with van der Waals surface area (Å²) in [5, 5.41) is 3.53. The van der Waals surface area contributed by atoms with Crippen LogP contribution in [0.25, 0.3) is 60.9 Å². The Morgan fingerprint density at radius 1 is 0.583 bits per heavy atom. The zero-order valence-corrected chi connectivity index (χ0v) is 20.9. The monoisotopic (exact) mass is 525 g/mol. The fourth-order valence-electron chi connectivity index (χ4n) is 5.00. The van der Waals surface area contributed by atoms with Gasteiger partial charge in [-0.3, -0.25) is 0 Å². The summed E-state index contributed by atoms with van der Waals surface area (Å²) >= 11 is 3.73. The second kappa shape index (κ2) is 8.43. The van der Waals surface area contributed by atoms with E-state index in [1.807, 2.05) is 30.5 Å². The molecular formula is C32H20BrN3. The quantitative estimate of drug-likeness (QED) is 0.230. The molecule has 5 aromatic carbocycles. The van der Waals surface area contributed by atoms with Crippen molar-refractivity contribution in [3.63, 3.8) is 0 Å². The van der Waals surface area contributed by atoms with E-state index in [2.05, 4.69) is 116 Å². The summed E-state index contributed by atoms with van der Waals surface area (Å²) < 4.78 is 3.34. The molecule has 170 valence electrons. The lowest BCUT2D eigenvalue weighted by Gasteiger charge is -2.10. The molecule has 0 saturated carbocycles. The van der Waals surface area contributed by atoms with Gasteiger partial charge >= 0.3 is 0 Å². The maximum Gasteiger partial charge on any atom is 0.159 e. The highest BCUT2D eigenvalue weighted by Gasteiger charge is 2.14. The molecule has 0 radical (unpaired) electrons. The number of halogens is 1. The molecule has 7 aromatic rings. The zero-order chi connectivity index (χ0) is 24.1. The van der Waals surface area contributed by atoms with Gasteiger partial charge in [-0.15, -0.1) is 0 Å². The first-order valence-electron chi connectivity index (χ1n) is 11.9. The maximum atomic E-state index is 4.82. The van der Waals surface area contributed by atoms with E-state index in [1.54, 1.807) is 0 Å². The molecule has 0 spiro atoms. The minimum absolute atomic E-state index is 0.718. The van der Waals surface area contributed by atoms with Gasteiger partial charge in [0.05, 0.1) is 16.6 Å². The molecule has 2 aromatic heterocycles. The van der Waals surface area contributed by atoms with E-state index in [0.717, 1.165) is 43.6 Å². The molecule has 36 heavy (non-hydrogen) atoms. The Balaban J connectivity index is 1.43. The molecule has 7 rings (SSSR count). The van der Waals surface area contributed by atoms with E-state index in [1.165, 1.54) is 21.8 Å². The number of rotatable bonds is 3. The van der Waals surface area contributed by atoms with Gasteiger partial charge < -0.3 is 4.57 Å². The first-order chi connectivity index (χ1) is 17.7. The number of fused-ring (bicyclic) bond motifs is 4. The average Bonchev–Trinajstić information content (AvgIpc) is 3.26. The van der Waals surface area contributed by atoms with Gasteiger partial charge in [0.25, 0.3) is 0 Å². The fraction of sp³-hybridized carbons (Fsp3) is 0. The Morgan fingerprint density at radius 3 is 2.25 bits per heavy atom. The van der Waals surface area contributed by atoms with Crippen LogP contribution in [0, 0.1) is 0 Å². The van der Waals surface area contributed by atoms with Crippen molar-refractivity contribution in [2.45, 2.75) is 0 Å². The van der Waals surface area contributed by atoms with Crippen LogP contribution in [0.5, 0.6) is 0 Å². The average molecular weight is 526 g/mol. The number of hydrogen-bond donors (Lipinski definition) is 0. The Hall–Kier alpha value is -4.28. The number of aromatic nitrogens is 3. The van der Waals surface area contributed by atoms with Gasteiger partial charge in [0.2, 0.25) is 0 Å². The van der Waals surface area contributed by atoms with Crippen molar-refractivity contribution in [1.29, 1.82) is 0 Å². The molecule has 0 aliphatic heterocycles. The van der Waals surface area contributed by atoms with Crippen molar-refractivity contribution in [2.24, 2.45) is 0 Å². The van der Waals surface area contributed by atoms with Crippen LogP contribution in [0.3, 0.4) is 0 Å². The molecule has 0 aliphatic carbocycles. The summed E-state index contributed by atoms with van der Waals surface area (Å²) in [6, 6.07) is 40.4. The zero-order valence-electron chi connectivity index (χ0n) is 19.3. The summed E-state index contributed by atoms with van der Waals surface area (Å²) in [4.78, 5) is 9.47. The Kier molecular flexibility index (Phi) is 4.93. The molecule has 0 atom stereocenters. The second-order valence-electron chi connectivity index (χ2n) is 8.90. The molecule has 0 aliphatic rings. The Labute approximate surface area is 216 Å². The molecule has 0 amide bonds. The van der Waals surface area contributed by atoms with Crippen LogP contribution in [0.4, 0.5) is 0 Å². The van der Waals surface area contributed by atoms with Gasteiger partial charge in [0, 0.05) is 38.1 Å². The van der Waals surface area contributed by atoms with Gasteiger partial charge in [-0.2, -0.15) is 0 Å². The molecule has 0 fully saturated rings. The third-order valence-electron chi connectivity index (χ3n) is 6.67. The van der Waals surface area contributed by atoms with E-state index in [-0.39, 0.29) is 0 Å². The summed E-state index contributed by atoms with van der Waals surface area (Å²) in [6.45, 7) is 0. The van der Waals surface area contributed by atoms with Crippen molar-refractivity contribution in [2.75, 3.05) is 0 Å². The van der Waals surface area contributed by atoms with Crippen molar-refractivity contribution < 1.29 is 0 Å². The summed E-state index contributed by atoms with van der Waals surface area (Å²) in [5.74, 6) is 0.718. The van der Waals surface area contributed by atoms with Crippen molar-refractivity contribution in [3.05, 3.63) is 126 Å². The smallest absolute Gasteiger partial charge is 0.159 e. The van der Waals surface area contributed by atoms with Crippen LogP contribution < -0.4 is 0 Å². The molecule has 0 unspecified atom stereocenters. The first-order valence-corrected chi connectivity index (χ1v) is 12.7. The van der Waals surface area contributed by atoms with Crippen LogP contribution in [0.15, 0.2) is 126 Å². The van der Waals surface area contributed by atoms with Gasteiger partial charge in [-0.25, -0.2) is 9.97 Å². The van der Waals surface area contributed by atoms with Crippen LogP contribution in [-0.4, -0.2) is 14.5 Å². The topological polar surface area (TPSA) is 30.7 Å². The van der Waals surface area contributed by atoms with Crippen molar-refractivity contribution in [1.82, 2.24) is 14.5 Å². The lowest BCUT2D eigenvalue weighted by molar-refractivity contribution is 1.18. The molecule has 0 N–H and O–H groups in total. The number of para-hydroxylation sites is 3. The van der Waals surface area contributed by atoms with Crippen LogP contribution >= 0.6 is 15.9 Å². The minimum atomic E-state index is 0.718. The van der Waals surface area contributed by atoms with Crippen molar-refractivity contribution >= 4 is 48.6 Å². The van der Waals surface area contributed by atoms with Gasteiger partial charge in [-0.05, 0) is 59.7 Å². The van der Waals surface area contributed by atoms with Gasteiger partial charge in [0.15, 0.2) is 5.82 Å². The normalized spacial score (nSPS) is 11.5. The van der Waals surface area contributed by atoms with Gasteiger partial charge in [-0.1, -0.05) is 82.7 Å². The third-order valence-corrected chi connectivity index (χ3v) is 7.12. The molecule has 3 nitrogen and oxygen atoms in total. The predicted octanol–water partition coefficient (Wildman–Crippen LogP) is 8.82. The largest absolute Gasteiger partial charge is 0.309 e. The minimum Gasteiger partial charge on any atom is -0.309 e. The molecular weight excluding hydrogens is 506 g/mol. The van der Waals surface area contributed by atoms with Crippen LogP contribution in [-0.2, 0) is 0 Å². The predicted molar refractivity (Wildman–Crippen MR) is 152 cm³/mol. The van der Waals surface area contributed by atoms with E-state index < -0.39 is 0 Å². The van der Waals surface area contributed by atoms with Gasteiger partial charge in [0.1, 0.15) is 0 Å². The Bertz CT molecular complexity index is 1900. The van der Waals surface area contributed by atoms with E-state index in [4.69, 9.17) is 4.98 Å². The molecule has 0 bridgehead atoms. The summed E-state index contributed by atoms with van der Waals surface area (Å²) in [7, 11) is 0. The van der Waals surface area contributed by atoms with Crippen LogP contribution in [0.2, 0.25) is 0 Å². The first kappa shape index (κ1) is 21.0. The third kappa shape index (κ3) is 3.50. The number of benzene rings is 5. The SMILES string of the molecule is Brc1cc(-c2ccc3c4ccccc4n(-c4ccccc4)c3c2)cc(-c2ncc3ccccc3n2)c1. The lowest BCUT2D eigenvalue weighted by Crippen LogP contribution is -1.93. The number of hydrogen-bond acceptors (Lipinski definition) is 2. The van der Waals surface area contributed by atoms with Crippen molar-refractivity contribution in [3.8, 4) is 28.2 Å². The summed E-state index contributed by atoms with van der Waals surface area (Å²) in [6.07, 6.45) is 1.89. The summed E-state index contributed by atoms with van der Waals surface area (Å²) in [5.41, 5.74) is 7.72. The standard InChI is InChI=1S/C32H20BrN3/c33-25-17-23(16-24(18-25)32-34-20-22-8-4-6-12-29(22)35-32)21-14-15-28-27-11-5-7-13-30(27)36(31(28)19-21)26-9-2-1-3-10-26/h1-20H. The molecule has 0 saturated heterocycles. The van der Waals surface area contributed by atoms with Crippen LogP contribution in [0.1, 0.15) is 0 Å². The highest BCUT2D eigenvalue weighted by atomic mass is 79.9. The highest BCUT2D eigenvalue weighted by Crippen LogP contribution is 2.36. The van der Waals surface area contributed by atoms with E-state index in [9.17, 15) is 0 Å². The lowest BCUT2D eigenvalue weighted by atomic mass is 10.0. The Morgan fingerprint density at radius 2 is 1.33 bits per heavy atom. The van der Waals surface area contributed by atoms with E-state index >= 15 is 0 Å². The maximum absolute atomic E-state index is 4.82. The molecule has 4 heteroatoms. The fourth-order valence-corrected chi connectivity index (χ4v) is 5.50. The van der Waals surface area contributed by atoms with E-state index in [0.29, 0.717) is 0 Å². The highest BCUT2D eigenvalue weighted by molar-refractivity contribution is 9.10.